The van der Waals surface area contributed by atoms with E-state index in [-0.39, 0.29) is 22.9 Å². The van der Waals surface area contributed by atoms with E-state index < -0.39 is 5.82 Å². The van der Waals surface area contributed by atoms with Crippen molar-refractivity contribution in [1.29, 1.82) is 0 Å². The zero-order valence-electron chi connectivity index (χ0n) is 20.7. The molecule has 1 saturated heterocycles. The number of hydrogen-bond donors (Lipinski definition) is 2. The minimum Gasteiger partial charge on any atom is -0.491 e. The highest BCUT2D eigenvalue weighted by molar-refractivity contribution is 6.31. The molecule has 0 radical (unpaired) electrons. The summed E-state index contributed by atoms with van der Waals surface area (Å²) in [6.07, 6.45) is 6.81. The van der Waals surface area contributed by atoms with Gasteiger partial charge in [-0.1, -0.05) is 17.7 Å². The first-order valence-corrected chi connectivity index (χ1v) is 12.8. The number of esters is 1. The molecule has 2 fully saturated rings. The molecule has 1 atom stereocenters. The van der Waals surface area contributed by atoms with Crippen molar-refractivity contribution in [2.45, 2.75) is 25.8 Å². The number of rotatable bonds is 9. The van der Waals surface area contributed by atoms with Crippen LogP contribution in [0, 0.1) is 11.7 Å². The molecule has 38 heavy (non-hydrogen) atoms. The molecule has 2 heterocycles. The summed E-state index contributed by atoms with van der Waals surface area (Å²) >= 11 is 5.93. The number of morpholine rings is 1. The Hall–Kier alpha value is -3.76. The van der Waals surface area contributed by atoms with Gasteiger partial charge in [0.25, 0.3) is 0 Å². The maximum atomic E-state index is 13.6. The van der Waals surface area contributed by atoms with Crippen LogP contribution in [0.3, 0.4) is 0 Å². The Labute approximate surface area is 224 Å². The SMILES string of the molecule is C[C@H]1C(=O)OCCN1C/C=C/C(=O)Nc1cc2c(Nc3ccc(F)c(Cl)c3)ncnc2cc1OCC1CC1. The Morgan fingerprint density at radius 3 is 2.92 bits per heavy atom. The average molecular weight is 540 g/mol. The molecule has 0 unspecified atom stereocenters. The van der Waals surface area contributed by atoms with E-state index in [2.05, 4.69) is 20.6 Å². The molecule has 5 rings (SSSR count). The van der Waals surface area contributed by atoms with Gasteiger partial charge >= 0.3 is 5.97 Å². The number of benzene rings is 2. The minimum atomic E-state index is -0.519. The maximum absolute atomic E-state index is 13.6. The van der Waals surface area contributed by atoms with Crippen LogP contribution in [0.5, 0.6) is 5.75 Å². The number of anilines is 3. The van der Waals surface area contributed by atoms with Gasteiger partial charge in [-0.15, -0.1) is 0 Å². The first kappa shape index (κ1) is 25.9. The quantitative estimate of drug-likeness (QED) is 0.298. The Kier molecular flexibility index (Phi) is 7.71. The third-order valence-corrected chi connectivity index (χ3v) is 6.76. The Bertz CT molecular complexity index is 1400. The van der Waals surface area contributed by atoms with E-state index in [1.165, 1.54) is 24.5 Å². The van der Waals surface area contributed by atoms with Crippen LogP contribution in [-0.2, 0) is 14.3 Å². The van der Waals surface area contributed by atoms with Crippen molar-refractivity contribution in [3.05, 3.63) is 59.7 Å². The molecule has 0 bridgehead atoms. The van der Waals surface area contributed by atoms with E-state index in [1.807, 2.05) is 4.90 Å². The molecule has 0 spiro atoms. The molecule has 1 aliphatic carbocycles. The molecule has 9 nitrogen and oxygen atoms in total. The predicted molar refractivity (Wildman–Crippen MR) is 142 cm³/mol. The summed E-state index contributed by atoms with van der Waals surface area (Å²) in [5.74, 6) is 0.353. The number of halogens is 2. The first-order valence-electron chi connectivity index (χ1n) is 12.4. The van der Waals surface area contributed by atoms with Gasteiger partial charge in [0.1, 0.15) is 36.4 Å². The second kappa shape index (κ2) is 11.3. The Balaban J connectivity index is 1.37. The van der Waals surface area contributed by atoms with Crippen LogP contribution >= 0.6 is 11.6 Å². The van der Waals surface area contributed by atoms with Crippen molar-refractivity contribution in [2.24, 2.45) is 5.92 Å². The lowest BCUT2D eigenvalue weighted by Gasteiger charge is -2.30. The van der Waals surface area contributed by atoms with Crippen LogP contribution < -0.4 is 15.4 Å². The van der Waals surface area contributed by atoms with E-state index in [9.17, 15) is 14.0 Å². The standard InChI is InChI=1S/C27H27ClFN5O4/c1-16-27(36)37-10-9-34(16)8-2-3-25(35)33-23-12-19-22(13-24(23)38-14-17-4-5-17)30-15-31-26(19)32-18-6-7-21(29)20(28)11-18/h2-3,6-7,11-13,15-17H,4-5,8-10,14H2,1H3,(H,33,35)(H,30,31,32)/b3-2+/t16-/m0/s1. The van der Waals surface area contributed by atoms with Gasteiger partial charge in [0.15, 0.2) is 0 Å². The number of ether oxygens (including phenoxy) is 2. The molecule has 2 aliphatic rings. The molecule has 198 valence electrons. The zero-order chi connectivity index (χ0) is 26.6. The average Bonchev–Trinajstić information content (AvgIpc) is 3.72. The Morgan fingerprint density at radius 1 is 1.29 bits per heavy atom. The number of hydrogen-bond acceptors (Lipinski definition) is 8. The number of amides is 1. The minimum absolute atomic E-state index is 0.0142. The lowest BCUT2D eigenvalue weighted by Crippen LogP contribution is -2.47. The van der Waals surface area contributed by atoms with Crippen LogP contribution in [0.15, 0.2) is 48.8 Å². The lowest BCUT2D eigenvalue weighted by atomic mass is 10.1. The van der Waals surface area contributed by atoms with Crippen molar-refractivity contribution < 1.29 is 23.5 Å². The molecule has 1 saturated carbocycles. The second-order valence-corrected chi connectivity index (χ2v) is 9.73. The highest BCUT2D eigenvalue weighted by Crippen LogP contribution is 2.36. The number of nitrogens with zero attached hydrogens (tertiary/aromatic N) is 3. The van der Waals surface area contributed by atoms with Gasteiger partial charge in [0, 0.05) is 36.3 Å². The van der Waals surface area contributed by atoms with E-state index in [1.54, 1.807) is 31.2 Å². The van der Waals surface area contributed by atoms with Gasteiger partial charge in [-0.25, -0.2) is 14.4 Å². The lowest BCUT2D eigenvalue weighted by molar-refractivity contribution is -0.155. The number of aromatic nitrogens is 2. The molecule has 1 aromatic heterocycles. The molecule has 3 aromatic rings. The molecule has 11 heteroatoms. The van der Waals surface area contributed by atoms with E-state index in [0.29, 0.717) is 66.1 Å². The fraction of sp³-hybridized carbons (Fsp3) is 0.333. The van der Waals surface area contributed by atoms with Crippen LogP contribution in [0.1, 0.15) is 19.8 Å². The predicted octanol–water partition coefficient (Wildman–Crippen LogP) is 4.70. The summed E-state index contributed by atoms with van der Waals surface area (Å²) in [4.78, 5) is 35.2. The van der Waals surface area contributed by atoms with Gasteiger partial charge in [-0.05, 0) is 49.9 Å². The number of fused-ring (bicyclic) bond motifs is 1. The summed E-state index contributed by atoms with van der Waals surface area (Å²) in [6, 6.07) is 7.44. The summed E-state index contributed by atoms with van der Waals surface area (Å²) in [5, 5.41) is 6.65. The number of nitrogens with one attached hydrogen (secondary N) is 2. The van der Waals surface area contributed by atoms with Crippen LogP contribution in [0.2, 0.25) is 5.02 Å². The number of cyclic esters (lactones) is 1. The fourth-order valence-corrected chi connectivity index (χ4v) is 4.23. The molecule has 1 amide bonds. The van der Waals surface area contributed by atoms with Crippen molar-refractivity contribution in [3.63, 3.8) is 0 Å². The van der Waals surface area contributed by atoms with Crippen molar-refractivity contribution >= 4 is 51.6 Å². The summed E-state index contributed by atoms with van der Waals surface area (Å²) < 4.78 is 24.7. The van der Waals surface area contributed by atoms with Gasteiger partial charge in [0.05, 0.1) is 22.8 Å². The number of carbonyl (C=O) groups excluding carboxylic acids is 2. The monoisotopic (exact) mass is 539 g/mol. The molecule has 2 aromatic carbocycles. The molecular weight excluding hydrogens is 513 g/mol. The van der Waals surface area contributed by atoms with Crippen LogP contribution in [0.4, 0.5) is 21.6 Å². The van der Waals surface area contributed by atoms with Gasteiger partial charge in [0.2, 0.25) is 5.91 Å². The highest BCUT2D eigenvalue weighted by Gasteiger charge is 2.26. The van der Waals surface area contributed by atoms with Crippen LogP contribution in [-0.4, -0.2) is 59.1 Å². The van der Waals surface area contributed by atoms with Crippen LogP contribution in [0.25, 0.3) is 10.9 Å². The molecular formula is C27H27ClFN5O4. The normalized spacial score (nSPS) is 18.0. The van der Waals surface area contributed by atoms with E-state index in [0.717, 1.165) is 12.8 Å². The van der Waals surface area contributed by atoms with E-state index >= 15 is 0 Å². The summed E-state index contributed by atoms with van der Waals surface area (Å²) in [5.41, 5.74) is 1.63. The van der Waals surface area contributed by atoms with Crippen molar-refractivity contribution in [3.8, 4) is 5.75 Å². The smallest absolute Gasteiger partial charge is 0.323 e. The van der Waals surface area contributed by atoms with Gasteiger partial charge in [-0.3, -0.25) is 14.5 Å². The molecule has 1 aliphatic heterocycles. The molecule has 2 N–H and O–H groups in total. The topological polar surface area (TPSA) is 106 Å². The second-order valence-electron chi connectivity index (χ2n) is 9.33. The van der Waals surface area contributed by atoms with Gasteiger partial charge in [-0.2, -0.15) is 0 Å². The Morgan fingerprint density at radius 2 is 2.13 bits per heavy atom. The maximum Gasteiger partial charge on any atom is 0.323 e. The first-order chi connectivity index (χ1) is 18.4. The number of carbonyl (C=O) groups is 2. The largest absolute Gasteiger partial charge is 0.491 e. The van der Waals surface area contributed by atoms with E-state index in [4.69, 9.17) is 21.1 Å². The third kappa shape index (κ3) is 6.20. The van der Waals surface area contributed by atoms with Crippen molar-refractivity contribution in [2.75, 3.05) is 36.9 Å². The highest BCUT2D eigenvalue weighted by atomic mass is 35.5. The summed E-state index contributed by atoms with van der Waals surface area (Å²) in [6.45, 7) is 3.72. The summed E-state index contributed by atoms with van der Waals surface area (Å²) in [7, 11) is 0. The third-order valence-electron chi connectivity index (χ3n) is 6.47. The zero-order valence-corrected chi connectivity index (χ0v) is 21.5. The van der Waals surface area contributed by atoms with Gasteiger partial charge < -0.3 is 20.1 Å². The van der Waals surface area contributed by atoms with Crippen molar-refractivity contribution in [1.82, 2.24) is 14.9 Å². The fourth-order valence-electron chi connectivity index (χ4n) is 4.05.